The van der Waals surface area contributed by atoms with Gasteiger partial charge in [0, 0.05) is 39.3 Å². The number of likely N-dealkylation sites (tertiary alicyclic amines) is 1. The van der Waals surface area contributed by atoms with Crippen LogP contribution in [0.3, 0.4) is 0 Å². The van der Waals surface area contributed by atoms with Crippen LogP contribution in [0.1, 0.15) is 45.1 Å². The Bertz CT molecular complexity index is 656. The molecule has 7 nitrogen and oxygen atoms in total. The Hall–Kier alpha value is -1.55. The normalized spacial score (nSPS) is 17.0. The number of ether oxygens (including phenoxy) is 1. The second-order valence-electron chi connectivity index (χ2n) is 7.48. The predicted octanol–water partition coefficient (Wildman–Crippen LogP) is 2.75. The SMILES string of the molecule is CCNC(=O)COc1cccc(CNC(=NC)NCCCN2CCCCC2C)c1.I. The van der Waals surface area contributed by atoms with E-state index in [1.165, 1.54) is 25.8 Å². The molecule has 1 aliphatic heterocycles. The van der Waals surface area contributed by atoms with Crippen molar-refractivity contribution in [1.82, 2.24) is 20.9 Å². The summed E-state index contributed by atoms with van der Waals surface area (Å²) >= 11 is 0. The number of guanidine groups is 1. The standard InChI is InChI=1S/C22H37N5O2.HI/c1-4-24-21(28)17-29-20-11-7-10-19(15-20)16-26-22(23-3)25-12-8-14-27-13-6-5-9-18(27)2;/h7,10-11,15,18H,4-6,8-9,12-14,16-17H2,1-3H3,(H,24,28)(H2,23,25,26);1H. The Kier molecular flexibility index (Phi) is 13.5. The van der Waals surface area contributed by atoms with Crippen molar-refractivity contribution >= 4 is 35.8 Å². The number of nitrogens with zero attached hydrogens (tertiary/aromatic N) is 2. The molecule has 2 rings (SSSR count). The van der Waals surface area contributed by atoms with Gasteiger partial charge in [0.1, 0.15) is 5.75 Å². The summed E-state index contributed by atoms with van der Waals surface area (Å²) in [4.78, 5) is 18.4. The van der Waals surface area contributed by atoms with Crippen molar-refractivity contribution < 1.29 is 9.53 Å². The molecule has 1 aromatic rings. The maximum absolute atomic E-state index is 11.5. The molecule has 1 heterocycles. The van der Waals surface area contributed by atoms with E-state index in [0.29, 0.717) is 24.9 Å². The van der Waals surface area contributed by atoms with Crippen molar-refractivity contribution in [2.75, 3.05) is 39.8 Å². The molecule has 0 bridgehead atoms. The van der Waals surface area contributed by atoms with Gasteiger partial charge < -0.3 is 25.6 Å². The number of amides is 1. The van der Waals surface area contributed by atoms with E-state index < -0.39 is 0 Å². The van der Waals surface area contributed by atoms with Crippen LogP contribution >= 0.6 is 24.0 Å². The molecular formula is C22H38IN5O2. The lowest BCUT2D eigenvalue weighted by Gasteiger charge is -2.33. The van der Waals surface area contributed by atoms with Crippen molar-refractivity contribution in [1.29, 1.82) is 0 Å². The summed E-state index contributed by atoms with van der Waals surface area (Å²) in [6.45, 7) is 8.77. The Balaban J connectivity index is 0.00000450. The third-order valence-corrected chi connectivity index (χ3v) is 5.18. The third kappa shape index (κ3) is 9.97. The molecule has 0 radical (unpaired) electrons. The number of benzene rings is 1. The van der Waals surface area contributed by atoms with E-state index in [2.05, 4.69) is 32.8 Å². The maximum atomic E-state index is 11.5. The van der Waals surface area contributed by atoms with Crippen LogP contribution in [0.2, 0.25) is 0 Å². The Morgan fingerprint density at radius 2 is 2.10 bits per heavy atom. The number of halogens is 1. The number of rotatable bonds is 10. The van der Waals surface area contributed by atoms with Crippen molar-refractivity contribution in [3.63, 3.8) is 0 Å². The fourth-order valence-electron chi connectivity index (χ4n) is 3.53. The van der Waals surface area contributed by atoms with Gasteiger partial charge in [0.15, 0.2) is 12.6 Å². The number of carbonyl (C=O) groups excluding carboxylic acids is 1. The van der Waals surface area contributed by atoms with Crippen molar-refractivity contribution in [2.24, 2.45) is 4.99 Å². The summed E-state index contributed by atoms with van der Waals surface area (Å²) in [5.74, 6) is 1.37. The minimum Gasteiger partial charge on any atom is -0.484 e. The molecule has 1 atom stereocenters. The van der Waals surface area contributed by atoms with Crippen LogP contribution < -0.4 is 20.7 Å². The van der Waals surface area contributed by atoms with Gasteiger partial charge >= 0.3 is 0 Å². The van der Waals surface area contributed by atoms with E-state index in [4.69, 9.17) is 4.74 Å². The lowest BCUT2D eigenvalue weighted by atomic mass is 10.0. The van der Waals surface area contributed by atoms with Gasteiger partial charge in [-0.1, -0.05) is 18.6 Å². The molecular weight excluding hydrogens is 493 g/mol. The molecule has 3 N–H and O–H groups in total. The van der Waals surface area contributed by atoms with E-state index in [0.717, 1.165) is 31.0 Å². The molecule has 1 aromatic carbocycles. The summed E-state index contributed by atoms with van der Waals surface area (Å²) in [5.41, 5.74) is 1.07. The van der Waals surface area contributed by atoms with Crippen molar-refractivity contribution in [2.45, 2.75) is 52.1 Å². The van der Waals surface area contributed by atoms with Crippen LogP contribution in [0.25, 0.3) is 0 Å². The highest BCUT2D eigenvalue weighted by molar-refractivity contribution is 14.0. The molecule has 170 valence electrons. The smallest absolute Gasteiger partial charge is 0.257 e. The first-order valence-electron chi connectivity index (χ1n) is 10.8. The Morgan fingerprint density at radius 1 is 1.27 bits per heavy atom. The number of piperidine rings is 1. The van der Waals surface area contributed by atoms with Crippen LogP contribution in [-0.2, 0) is 11.3 Å². The lowest BCUT2D eigenvalue weighted by molar-refractivity contribution is -0.122. The molecule has 0 aliphatic carbocycles. The fraction of sp³-hybridized carbons (Fsp3) is 0.636. The van der Waals surface area contributed by atoms with Gasteiger partial charge in [0.2, 0.25) is 0 Å². The number of aliphatic imine (C=N–C) groups is 1. The summed E-state index contributed by atoms with van der Waals surface area (Å²) in [5, 5.41) is 9.45. The summed E-state index contributed by atoms with van der Waals surface area (Å²) in [7, 11) is 1.79. The zero-order chi connectivity index (χ0) is 20.9. The second kappa shape index (κ2) is 15.3. The zero-order valence-electron chi connectivity index (χ0n) is 18.6. The lowest BCUT2D eigenvalue weighted by Crippen LogP contribution is -2.41. The van der Waals surface area contributed by atoms with Crippen LogP contribution in [0.4, 0.5) is 0 Å². The van der Waals surface area contributed by atoms with Crippen LogP contribution in [0.15, 0.2) is 29.3 Å². The van der Waals surface area contributed by atoms with Gasteiger partial charge in [-0.05, 0) is 57.4 Å². The molecule has 0 aromatic heterocycles. The molecule has 1 fully saturated rings. The highest BCUT2D eigenvalue weighted by atomic mass is 127. The number of likely N-dealkylation sites (N-methyl/N-ethyl adjacent to an activating group) is 1. The van der Waals surface area contributed by atoms with Crippen molar-refractivity contribution in [3.8, 4) is 5.75 Å². The second-order valence-corrected chi connectivity index (χ2v) is 7.48. The first-order chi connectivity index (χ1) is 14.1. The molecule has 1 unspecified atom stereocenters. The molecule has 1 aliphatic rings. The first kappa shape index (κ1) is 26.5. The predicted molar refractivity (Wildman–Crippen MR) is 134 cm³/mol. The number of nitrogens with one attached hydrogen (secondary N) is 3. The molecule has 0 saturated carbocycles. The van der Waals surface area contributed by atoms with E-state index in [-0.39, 0.29) is 36.5 Å². The van der Waals surface area contributed by atoms with Crippen LogP contribution in [-0.4, -0.2) is 62.6 Å². The van der Waals surface area contributed by atoms with Gasteiger partial charge in [-0.25, -0.2) is 0 Å². The summed E-state index contributed by atoms with van der Waals surface area (Å²) < 4.78 is 5.55. The summed E-state index contributed by atoms with van der Waals surface area (Å²) in [6.07, 6.45) is 5.12. The zero-order valence-corrected chi connectivity index (χ0v) is 20.9. The number of hydrogen-bond acceptors (Lipinski definition) is 4. The van der Waals surface area contributed by atoms with Gasteiger partial charge in [-0.3, -0.25) is 9.79 Å². The maximum Gasteiger partial charge on any atom is 0.257 e. The van der Waals surface area contributed by atoms with E-state index >= 15 is 0 Å². The highest BCUT2D eigenvalue weighted by Gasteiger charge is 2.17. The minimum atomic E-state index is -0.112. The summed E-state index contributed by atoms with van der Waals surface area (Å²) in [6, 6.07) is 8.47. The van der Waals surface area contributed by atoms with Crippen molar-refractivity contribution in [3.05, 3.63) is 29.8 Å². The molecule has 1 amide bonds. The first-order valence-corrected chi connectivity index (χ1v) is 10.8. The fourth-order valence-corrected chi connectivity index (χ4v) is 3.53. The van der Waals surface area contributed by atoms with Crippen LogP contribution in [0, 0.1) is 0 Å². The van der Waals surface area contributed by atoms with Gasteiger partial charge in [0.05, 0.1) is 0 Å². The largest absolute Gasteiger partial charge is 0.484 e. The third-order valence-electron chi connectivity index (χ3n) is 5.18. The monoisotopic (exact) mass is 531 g/mol. The molecule has 30 heavy (non-hydrogen) atoms. The highest BCUT2D eigenvalue weighted by Crippen LogP contribution is 2.16. The average Bonchev–Trinajstić information content (AvgIpc) is 2.73. The van der Waals surface area contributed by atoms with Gasteiger partial charge in [-0.15, -0.1) is 24.0 Å². The topological polar surface area (TPSA) is 78.0 Å². The Morgan fingerprint density at radius 3 is 2.83 bits per heavy atom. The van der Waals surface area contributed by atoms with Crippen LogP contribution in [0.5, 0.6) is 5.75 Å². The van der Waals surface area contributed by atoms with Gasteiger partial charge in [0.25, 0.3) is 5.91 Å². The number of hydrogen-bond donors (Lipinski definition) is 3. The average molecular weight is 531 g/mol. The number of carbonyl (C=O) groups is 1. The Labute approximate surface area is 198 Å². The molecule has 8 heteroatoms. The molecule has 1 saturated heterocycles. The minimum absolute atomic E-state index is 0. The van der Waals surface area contributed by atoms with E-state index in [1.807, 2.05) is 31.2 Å². The van der Waals surface area contributed by atoms with E-state index in [9.17, 15) is 4.79 Å². The quantitative estimate of drug-likeness (QED) is 0.187. The molecule has 0 spiro atoms. The van der Waals surface area contributed by atoms with Gasteiger partial charge in [-0.2, -0.15) is 0 Å². The van der Waals surface area contributed by atoms with E-state index in [1.54, 1.807) is 7.05 Å².